The number of amidine groups is 1. The van der Waals surface area contributed by atoms with Crippen LogP contribution in [0.4, 0.5) is 5.69 Å². The molecular formula is C29H39N3O3. The van der Waals surface area contributed by atoms with Crippen molar-refractivity contribution in [1.29, 1.82) is 5.41 Å². The number of ketones is 1. The van der Waals surface area contributed by atoms with E-state index in [1.165, 1.54) is 0 Å². The van der Waals surface area contributed by atoms with Crippen LogP contribution >= 0.6 is 0 Å². The van der Waals surface area contributed by atoms with Gasteiger partial charge >= 0.3 is 0 Å². The average Bonchev–Trinajstić information content (AvgIpc) is 3.26. The van der Waals surface area contributed by atoms with E-state index in [2.05, 4.69) is 0 Å². The number of likely N-dealkylation sites (tertiary alicyclic amines) is 1. The molecule has 1 heterocycles. The van der Waals surface area contributed by atoms with Crippen LogP contribution in [0.25, 0.3) is 0 Å². The number of hydrogen-bond acceptors (Lipinski definition) is 5. The first-order valence-electron chi connectivity index (χ1n) is 12.5. The molecule has 1 saturated carbocycles. The number of benzene rings is 2. The van der Waals surface area contributed by atoms with Crippen LogP contribution in [-0.2, 0) is 10.8 Å². The molecule has 2 aliphatic rings. The van der Waals surface area contributed by atoms with Crippen LogP contribution < -0.4 is 10.5 Å². The van der Waals surface area contributed by atoms with Crippen LogP contribution in [0.15, 0.2) is 36.4 Å². The number of ether oxygens (including phenoxy) is 1. The van der Waals surface area contributed by atoms with E-state index in [1.807, 2.05) is 82.8 Å². The summed E-state index contributed by atoms with van der Waals surface area (Å²) in [6, 6.07) is 11.1. The first kappa shape index (κ1) is 25.1. The minimum atomic E-state index is -0.294. The van der Waals surface area contributed by atoms with E-state index in [0.29, 0.717) is 29.5 Å². The molecule has 188 valence electrons. The van der Waals surface area contributed by atoms with Crippen molar-refractivity contribution >= 4 is 17.3 Å². The average molecular weight is 478 g/mol. The van der Waals surface area contributed by atoms with E-state index >= 15 is 0 Å². The van der Waals surface area contributed by atoms with Gasteiger partial charge in [-0.2, -0.15) is 0 Å². The van der Waals surface area contributed by atoms with Crippen LogP contribution in [0, 0.1) is 17.2 Å². The molecule has 6 heteroatoms. The van der Waals surface area contributed by atoms with Gasteiger partial charge in [0, 0.05) is 34.8 Å². The number of nitrogens with one attached hydrogen (secondary N) is 1. The lowest BCUT2D eigenvalue weighted by atomic mass is 9.78. The molecule has 2 aromatic carbocycles. The Bertz CT molecular complexity index is 1090. The number of nitrogens with two attached hydrogens (primary N) is 1. The molecule has 4 rings (SSSR count). The molecule has 0 radical (unpaired) electrons. The van der Waals surface area contributed by atoms with Crippen molar-refractivity contribution in [3.05, 3.63) is 53.1 Å². The molecule has 0 bridgehead atoms. The maximum Gasteiger partial charge on any atom is 0.182 e. The van der Waals surface area contributed by atoms with E-state index < -0.39 is 0 Å². The van der Waals surface area contributed by atoms with Crippen LogP contribution in [-0.4, -0.2) is 40.8 Å². The molecule has 2 aromatic rings. The largest absolute Gasteiger partial charge is 0.507 e. The number of fused-ring (bicyclic) bond motifs is 1. The van der Waals surface area contributed by atoms with Gasteiger partial charge in [0.15, 0.2) is 5.78 Å². The van der Waals surface area contributed by atoms with Crippen LogP contribution in [0.5, 0.6) is 11.5 Å². The molecule has 0 amide bonds. The maximum absolute atomic E-state index is 13.4. The standard InChI is InChI=1S/C29H39N3O3/c1-28(2,3)23-12-17(13-24(26(23)34)29(4,5)6)25(33)16-32-15-18-11-21(14-22(18)27(32)31)35-20-9-7-19(30)8-10-20/h7-10,12-13,18,21-22,31,34H,11,14-16,30H2,1-6H3. The van der Waals surface area contributed by atoms with Gasteiger partial charge in [-0.1, -0.05) is 41.5 Å². The highest BCUT2D eigenvalue weighted by Gasteiger charge is 2.46. The predicted octanol–water partition coefficient (Wildman–Crippen LogP) is 5.52. The number of aromatic hydroxyl groups is 1. The molecule has 35 heavy (non-hydrogen) atoms. The molecule has 2 fully saturated rings. The Morgan fingerprint density at radius 1 is 1.06 bits per heavy atom. The number of hydrogen-bond donors (Lipinski definition) is 3. The lowest BCUT2D eigenvalue weighted by molar-refractivity contribution is 0.0962. The summed E-state index contributed by atoms with van der Waals surface area (Å²) in [7, 11) is 0. The normalized spacial score (nSPS) is 22.4. The van der Waals surface area contributed by atoms with Crippen molar-refractivity contribution in [2.24, 2.45) is 11.8 Å². The van der Waals surface area contributed by atoms with Crippen molar-refractivity contribution in [2.75, 3.05) is 18.8 Å². The van der Waals surface area contributed by atoms with E-state index in [0.717, 1.165) is 29.7 Å². The number of carbonyl (C=O) groups is 1. The highest BCUT2D eigenvalue weighted by molar-refractivity contribution is 6.01. The minimum Gasteiger partial charge on any atom is -0.507 e. The van der Waals surface area contributed by atoms with E-state index in [4.69, 9.17) is 15.9 Å². The van der Waals surface area contributed by atoms with Gasteiger partial charge < -0.3 is 20.5 Å². The lowest BCUT2D eigenvalue weighted by Gasteiger charge is -2.28. The van der Waals surface area contributed by atoms with Gasteiger partial charge in [-0.15, -0.1) is 0 Å². The summed E-state index contributed by atoms with van der Waals surface area (Å²) >= 11 is 0. The summed E-state index contributed by atoms with van der Waals surface area (Å²) in [6.07, 6.45) is 1.75. The fourth-order valence-electron chi connectivity index (χ4n) is 5.41. The van der Waals surface area contributed by atoms with Crippen molar-refractivity contribution < 1.29 is 14.6 Å². The zero-order valence-electron chi connectivity index (χ0n) is 21.8. The monoisotopic (exact) mass is 477 g/mol. The number of phenols is 1. The molecular weight excluding hydrogens is 438 g/mol. The number of carbonyl (C=O) groups excluding carboxylic acids is 1. The number of Topliss-reactive ketones (excluding diaryl/α,β-unsaturated/α-hetero) is 1. The van der Waals surface area contributed by atoms with Crippen LogP contribution in [0.1, 0.15) is 75.9 Å². The topological polar surface area (TPSA) is 99.6 Å². The molecule has 1 saturated heterocycles. The summed E-state index contributed by atoms with van der Waals surface area (Å²) in [6.45, 7) is 13.2. The fraction of sp³-hybridized carbons (Fsp3) is 0.517. The van der Waals surface area contributed by atoms with Crippen molar-refractivity contribution in [3.63, 3.8) is 0 Å². The van der Waals surface area contributed by atoms with Gasteiger partial charge in [-0.25, -0.2) is 0 Å². The molecule has 0 spiro atoms. The predicted molar refractivity (Wildman–Crippen MR) is 141 cm³/mol. The Balaban J connectivity index is 1.46. The van der Waals surface area contributed by atoms with Crippen molar-refractivity contribution in [3.8, 4) is 11.5 Å². The first-order valence-corrected chi connectivity index (χ1v) is 12.5. The second kappa shape index (κ2) is 8.89. The van der Waals surface area contributed by atoms with E-state index in [1.54, 1.807) is 0 Å². The van der Waals surface area contributed by atoms with Gasteiger partial charge in [-0.3, -0.25) is 10.2 Å². The van der Waals surface area contributed by atoms with Gasteiger partial charge in [0.1, 0.15) is 11.5 Å². The minimum absolute atomic E-state index is 0.0135. The van der Waals surface area contributed by atoms with Gasteiger partial charge in [-0.05, 0) is 66.0 Å². The number of phenolic OH excluding ortho intramolecular Hbond substituents is 1. The van der Waals surface area contributed by atoms with Crippen molar-refractivity contribution in [1.82, 2.24) is 4.90 Å². The lowest BCUT2D eigenvalue weighted by Crippen LogP contribution is -2.34. The second-order valence-corrected chi connectivity index (χ2v) is 12.3. The molecule has 3 unspecified atom stereocenters. The number of anilines is 1. The quantitative estimate of drug-likeness (QED) is 0.389. The highest BCUT2D eigenvalue weighted by Crippen LogP contribution is 2.42. The Hall–Kier alpha value is -3.02. The summed E-state index contributed by atoms with van der Waals surface area (Å²) in [4.78, 5) is 15.3. The molecule has 3 atom stereocenters. The van der Waals surface area contributed by atoms with Crippen LogP contribution in [0.2, 0.25) is 0 Å². The number of nitrogen functional groups attached to an aromatic ring is 1. The summed E-state index contributed by atoms with van der Waals surface area (Å²) in [5.41, 5.74) is 8.05. The van der Waals surface area contributed by atoms with E-state index in [-0.39, 0.29) is 40.9 Å². The highest BCUT2D eigenvalue weighted by atomic mass is 16.5. The summed E-state index contributed by atoms with van der Waals surface area (Å²) < 4.78 is 6.14. The van der Waals surface area contributed by atoms with Gasteiger partial charge in [0.05, 0.1) is 18.5 Å². The molecule has 4 N–H and O–H groups in total. The van der Waals surface area contributed by atoms with Crippen LogP contribution in [0.3, 0.4) is 0 Å². The van der Waals surface area contributed by atoms with Gasteiger partial charge in [0.25, 0.3) is 0 Å². The molecule has 1 aliphatic heterocycles. The molecule has 0 aromatic heterocycles. The maximum atomic E-state index is 13.4. The zero-order valence-corrected chi connectivity index (χ0v) is 21.8. The molecule has 6 nitrogen and oxygen atoms in total. The zero-order chi connectivity index (χ0) is 25.7. The Labute approximate surface area is 209 Å². The molecule has 1 aliphatic carbocycles. The smallest absolute Gasteiger partial charge is 0.182 e. The van der Waals surface area contributed by atoms with E-state index in [9.17, 15) is 9.90 Å². The Morgan fingerprint density at radius 3 is 2.14 bits per heavy atom. The third kappa shape index (κ3) is 5.16. The Morgan fingerprint density at radius 2 is 1.63 bits per heavy atom. The Kier molecular flexibility index (Phi) is 6.37. The van der Waals surface area contributed by atoms with Crippen molar-refractivity contribution in [2.45, 2.75) is 71.3 Å². The third-order valence-electron chi connectivity index (χ3n) is 7.36. The first-order chi connectivity index (χ1) is 16.2. The number of nitrogens with zero attached hydrogens (tertiary/aromatic N) is 1. The second-order valence-electron chi connectivity index (χ2n) is 12.3. The SMILES string of the molecule is CC(C)(C)c1cc(C(=O)CN2CC3CC(Oc4ccc(N)cc4)CC3C2=N)cc(C(C)(C)C)c1O. The van der Waals surface area contributed by atoms with Gasteiger partial charge in [0.2, 0.25) is 0 Å². The third-order valence-corrected chi connectivity index (χ3v) is 7.36. The fourth-order valence-corrected chi connectivity index (χ4v) is 5.41. The summed E-state index contributed by atoms with van der Waals surface area (Å²) in [5, 5.41) is 19.7. The summed E-state index contributed by atoms with van der Waals surface area (Å²) in [5.74, 6) is 2.05. The number of rotatable bonds is 5.